The van der Waals surface area contributed by atoms with Gasteiger partial charge in [0.2, 0.25) is 0 Å². The molecule has 0 aromatic heterocycles. The van der Waals surface area contributed by atoms with Crippen molar-refractivity contribution in [2.45, 2.75) is 25.2 Å². The maximum Gasteiger partial charge on any atom is 0.324 e. The molecule has 0 aliphatic carbocycles. The molecule has 0 heterocycles. The third-order valence-corrected chi connectivity index (χ3v) is 4.30. The zero-order chi connectivity index (χ0) is 14.3. The number of para-hydroxylation sites is 1. The highest BCUT2D eigenvalue weighted by molar-refractivity contribution is 7.99. The van der Waals surface area contributed by atoms with Crippen LogP contribution in [0.25, 0.3) is 0 Å². The van der Waals surface area contributed by atoms with Gasteiger partial charge in [-0.1, -0.05) is 19.9 Å². The number of nitro groups is 1. The highest BCUT2D eigenvalue weighted by Gasteiger charge is 2.21. The molecular formula is C13H18ClNO3S. The molecule has 1 aromatic carbocycles. The van der Waals surface area contributed by atoms with Gasteiger partial charge < -0.3 is 4.74 Å². The molecule has 0 spiro atoms. The molecule has 0 radical (unpaired) electrons. The number of hydrogen-bond acceptors (Lipinski definition) is 4. The van der Waals surface area contributed by atoms with Crippen molar-refractivity contribution in [2.75, 3.05) is 18.2 Å². The van der Waals surface area contributed by atoms with Gasteiger partial charge in [-0.05, 0) is 24.5 Å². The standard InChI is InChI=1S/C13H18ClNO3S/c1-3-7-18-11-5-4-6-12(13(11)15(16)17)19-9-10(2)8-14/h4-6,10H,3,7-9H2,1-2H3. The summed E-state index contributed by atoms with van der Waals surface area (Å²) in [5.41, 5.74) is 0.0581. The average Bonchev–Trinajstić information content (AvgIpc) is 2.41. The van der Waals surface area contributed by atoms with Crippen molar-refractivity contribution >= 4 is 29.1 Å². The molecule has 106 valence electrons. The number of thioether (sulfide) groups is 1. The largest absolute Gasteiger partial charge is 0.487 e. The molecule has 1 unspecified atom stereocenters. The van der Waals surface area contributed by atoms with Crippen molar-refractivity contribution in [3.05, 3.63) is 28.3 Å². The zero-order valence-corrected chi connectivity index (χ0v) is 12.7. The Morgan fingerprint density at radius 2 is 2.26 bits per heavy atom. The Hall–Kier alpha value is -0.940. The van der Waals surface area contributed by atoms with Gasteiger partial charge in [0.25, 0.3) is 0 Å². The van der Waals surface area contributed by atoms with Crippen LogP contribution >= 0.6 is 23.4 Å². The lowest BCUT2D eigenvalue weighted by Gasteiger charge is -2.10. The van der Waals surface area contributed by atoms with E-state index in [1.165, 1.54) is 11.8 Å². The molecule has 0 aliphatic heterocycles. The Kier molecular flexibility index (Phi) is 7.02. The van der Waals surface area contributed by atoms with E-state index in [1.807, 2.05) is 13.8 Å². The lowest BCUT2D eigenvalue weighted by atomic mass is 10.3. The van der Waals surface area contributed by atoms with Crippen LogP contribution in [0.3, 0.4) is 0 Å². The topological polar surface area (TPSA) is 52.4 Å². The van der Waals surface area contributed by atoms with Gasteiger partial charge in [0.15, 0.2) is 5.75 Å². The van der Waals surface area contributed by atoms with E-state index in [2.05, 4.69) is 0 Å². The van der Waals surface area contributed by atoms with E-state index in [-0.39, 0.29) is 10.6 Å². The summed E-state index contributed by atoms with van der Waals surface area (Å²) in [6.45, 7) is 4.46. The van der Waals surface area contributed by atoms with Gasteiger partial charge in [-0.15, -0.1) is 23.4 Å². The fourth-order valence-electron chi connectivity index (χ4n) is 1.40. The van der Waals surface area contributed by atoms with E-state index in [9.17, 15) is 10.1 Å². The normalized spacial score (nSPS) is 12.2. The summed E-state index contributed by atoms with van der Waals surface area (Å²) in [7, 11) is 0. The van der Waals surface area contributed by atoms with E-state index >= 15 is 0 Å². The Morgan fingerprint density at radius 1 is 1.53 bits per heavy atom. The molecule has 0 saturated heterocycles. The van der Waals surface area contributed by atoms with Gasteiger partial charge in [-0.3, -0.25) is 10.1 Å². The first-order chi connectivity index (χ1) is 9.10. The number of nitrogens with zero attached hydrogens (tertiary/aromatic N) is 1. The molecule has 0 fully saturated rings. The molecule has 19 heavy (non-hydrogen) atoms. The molecule has 6 heteroatoms. The van der Waals surface area contributed by atoms with E-state index in [0.717, 1.165) is 12.2 Å². The molecule has 0 saturated carbocycles. The maximum absolute atomic E-state index is 11.2. The maximum atomic E-state index is 11.2. The second-order valence-electron chi connectivity index (χ2n) is 4.28. The van der Waals surface area contributed by atoms with Crippen LogP contribution < -0.4 is 4.74 Å². The van der Waals surface area contributed by atoms with Crippen LogP contribution in [0.5, 0.6) is 5.75 Å². The van der Waals surface area contributed by atoms with E-state index in [4.69, 9.17) is 16.3 Å². The summed E-state index contributed by atoms with van der Waals surface area (Å²) < 4.78 is 5.44. The van der Waals surface area contributed by atoms with Crippen LogP contribution in [0.15, 0.2) is 23.1 Å². The predicted molar refractivity (Wildman–Crippen MR) is 79.5 cm³/mol. The first-order valence-corrected chi connectivity index (χ1v) is 7.71. The van der Waals surface area contributed by atoms with Crippen LogP contribution in [0.4, 0.5) is 5.69 Å². The monoisotopic (exact) mass is 303 g/mol. The number of benzene rings is 1. The first kappa shape index (κ1) is 16.1. The molecule has 0 bridgehead atoms. The molecule has 1 rings (SSSR count). The Morgan fingerprint density at radius 3 is 2.84 bits per heavy atom. The molecule has 0 amide bonds. The molecular weight excluding hydrogens is 286 g/mol. The first-order valence-electron chi connectivity index (χ1n) is 6.19. The van der Waals surface area contributed by atoms with E-state index < -0.39 is 0 Å². The smallest absolute Gasteiger partial charge is 0.324 e. The van der Waals surface area contributed by atoms with Crippen molar-refractivity contribution in [2.24, 2.45) is 5.92 Å². The molecule has 1 atom stereocenters. The Balaban J connectivity index is 2.92. The second-order valence-corrected chi connectivity index (χ2v) is 5.65. The quantitative estimate of drug-likeness (QED) is 0.310. The second kappa shape index (κ2) is 8.27. The number of hydrogen-bond donors (Lipinski definition) is 0. The zero-order valence-electron chi connectivity index (χ0n) is 11.1. The van der Waals surface area contributed by atoms with Crippen LogP contribution in [0, 0.1) is 16.0 Å². The van der Waals surface area contributed by atoms with Crippen LogP contribution in [-0.4, -0.2) is 23.2 Å². The lowest BCUT2D eigenvalue weighted by Crippen LogP contribution is -2.02. The number of nitro benzene ring substituents is 1. The highest BCUT2D eigenvalue weighted by atomic mass is 35.5. The summed E-state index contributed by atoms with van der Waals surface area (Å²) in [4.78, 5) is 11.5. The molecule has 1 aromatic rings. The Bertz CT molecular complexity index is 428. The van der Waals surface area contributed by atoms with Gasteiger partial charge in [0.05, 0.1) is 16.4 Å². The van der Waals surface area contributed by atoms with Crippen molar-refractivity contribution in [3.8, 4) is 5.75 Å². The fraction of sp³-hybridized carbons (Fsp3) is 0.538. The van der Waals surface area contributed by atoms with Crippen molar-refractivity contribution in [1.82, 2.24) is 0 Å². The van der Waals surface area contributed by atoms with Gasteiger partial charge in [-0.25, -0.2) is 0 Å². The highest BCUT2D eigenvalue weighted by Crippen LogP contribution is 2.37. The van der Waals surface area contributed by atoms with Crippen molar-refractivity contribution < 1.29 is 9.66 Å². The minimum atomic E-state index is -0.376. The van der Waals surface area contributed by atoms with E-state index in [0.29, 0.717) is 29.0 Å². The van der Waals surface area contributed by atoms with Gasteiger partial charge in [-0.2, -0.15) is 0 Å². The number of ether oxygens (including phenoxy) is 1. The number of alkyl halides is 1. The predicted octanol–water partition coefficient (Wildman–Crippen LogP) is 4.35. The van der Waals surface area contributed by atoms with E-state index in [1.54, 1.807) is 18.2 Å². The minimum Gasteiger partial charge on any atom is -0.487 e. The summed E-state index contributed by atoms with van der Waals surface area (Å²) in [5, 5.41) is 11.2. The summed E-state index contributed by atoms with van der Waals surface area (Å²) in [6.07, 6.45) is 0.817. The fourth-order valence-corrected chi connectivity index (χ4v) is 2.71. The molecule has 4 nitrogen and oxygen atoms in total. The van der Waals surface area contributed by atoms with Gasteiger partial charge in [0, 0.05) is 11.6 Å². The third kappa shape index (κ3) is 4.91. The number of rotatable bonds is 8. The van der Waals surface area contributed by atoms with Crippen LogP contribution in [0.2, 0.25) is 0 Å². The SMILES string of the molecule is CCCOc1cccc(SCC(C)CCl)c1[N+](=O)[O-]. The number of halogens is 1. The van der Waals surface area contributed by atoms with Gasteiger partial charge >= 0.3 is 5.69 Å². The molecule has 0 N–H and O–H groups in total. The van der Waals surface area contributed by atoms with Crippen LogP contribution in [-0.2, 0) is 0 Å². The summed E-state index contributed by atoms with van der Waals surface area (Å²) in [5.74, 6) is 1.95. The van der Waals surface area contributed by atoms with Crippen molar-refractivity contribution in [1.29, 1.82) is 0 Å². The van der Waals surface area contributed by atoms with Crippen molar-refractivity contribution in [3.63, 3.8) is 0 Å². The molecule has 0 aliphatic rings. The third-order valence-electron chi connectivity index (χ3n) is 2.39. The summed E-state index contributed by atoms with van der Waals surface area (Å²) in [6, 6.07) is 5.18. The lowest BCUT2D eigenvalue weighted by molar-refractivity contribution is -0.388. The van der Waals surface area contributed by atoms with Crippen LogP contribution in [0.1, 0.15) is 20.3 Å². The van der Waals surface area contributed by atoms with Gasteiger partial charge in [0.1, 0.15) is 0 Å². The minimum absolute atomic E-state index is 0.0581. The summed E-state index contributed by atoms with van der Waals surface area (Å²) >= 11 is 7.20. The average molecular weight is 304 g/mol. The Labute approximate surface area is 122 Å².